The van der Waals surface area contributed by atoms with Crippen LogP contribution in [0, 0.1) is 6.92 Å². The van der Waals surface area contributed by atoms with Crippen molar-refractivity contribution in [1.29, 1.82) is 0 Å². The van der Waals surface area contributed by atoms with Crippen molar-refractivity contribution < 1.29 is 13.2 Å². The van der Waals surface area contributed by atoms with Crippen molar-refractivity contribution in [2.75, 3.05) is 7.11 Å². The van der Waals surface area contributed by atoms with Crippen LogP contribution < -0.4 is 9.46 Å². The molecule has 1 N–H and O–H groups in total. The highest BCUT2D eigenvalue weighted by Gasteiger charge is 2.27. The van der Waals surface area contributed by atoms with Crippen LogP contribution in [0.1, 0.15) is 48.1 Å². The van der Waals surface area contributed by atoms with Gasteiger partial charge in [-0.3, -0.25) is 0 Å². The van der Waals surface area contributed by atoms with Crippen molar-refractivity contribution in [3.63, 3.8) is 0 Å². The SMILES string of the molecule is COc1cc(C)c(C(C)C)cc1S(=O)(=O)NC(c1ccccc1)c1ccccc1. The Bertz CT molecular complexity index is 1020. The van der Waals surface area contributed by atoms with E-state index in [4.69, 9.17) is 4.74 Å². The largest absolute Gasteiger partial charge is 0.495 e. The van der Waals surface area contributed by atoms with E-state index < -0.39 is 16.1 Å². The van der Waals surface area contributed by atoms with E-state index in [1.165, 1.54) is 7.11 Å². The summed E-state index contributed by atoms with van der Waals surface area (Å²) in [5.41, 5.74) is 3.75. The predicted molar refractivity (Wildman–Crippen MR) is 117 cm³/mol. The van der Waals surface area contributed by atoms with Crippen molar-refractivity contribution in [2.45, 2.75) is 37.6 Å². The lowest BCUT2D eigenvalue weighted by Gasteiger charge is -2.22. The van der Waals surface area contributed by atoms with Crippen LogP contribution in [0.25, 0.3) is 0 Å². The number of rotatable bonds is 7. The fourth-order valence-corrected chi connectivity index (χ4v) is 4.91. The molecule has 3 aromatic carbocycles. The summed E-state index contributed by atoms with van der Waals surface area (Å²) in [6, 6.07) is 22.2. The third-order valence-corrected chi connectivity index (χ3v) is 6.45. The van der Waals surface area contributed by atoms with Crippen LogP contribution >= 0.6 is 0 Å². The number of sulfonamides is 1. The van der Waals surface area contributed by atoms with E-state index >= 15 is 0 Å². The lowest BCUT2D eigenvalue weighted by atomic mass is 9.98. The summed E-state index contributed by atoms with van der Waals surface area (Å²) < 4.78 is 35.2. The summed E-state index contributed by atoms with van der Waals surface area (Å²) in [5.74, 6) is 0.549. The molecule has 29 heavy (non-hydrogen) atoms. The molecule has 3 rings (SSSR count). The van der Waals surface area contributed by atoms with Gasteiger partial charge in [-0.05, 0) is 47.2 Å². The minimum Gasteiger partial charge on any atom is -0.495 e. The smallest absolute Gasteiger partial charge is 0.245 e. The Kier molecular flexibility index (Phi) is 6.40. The summed E-state index contributed by atoms with van der Waals surface area (Å²) in [6.45, 7) is 6.07. The molecule has 0 aliphatic heterocycles. The minimum atomic E-state index is -3.85. The lowest BCUT2D eigenvalue weighted by Crippen LogP contribution is -2.30. The molecule has 0 aliphatic rings. The number of methoxy groups -OCH3 is 1. The maximum Gasteiger partial charge on any atom is 0.245 e. The molecule has 0 atom stereocenters. The average molecular weight is 410 g/mol. The maximum absolute atomic E-state index is 13.5. The van der Waals surface area contributed by atoms with Crippen molar-refractivity contribution in [3.05, 3.63) is 95.1 Å². The van der Waals surface area contributed by atoms with Crippen LogP contribution in [0.5, 0.6) is 5.75 Å². The van der Waals surface area contributed by atoms with E-state index in [9.17, 15) is 8.42 Å². The summed E-state index contributed by atoms with van der Waals surface area (Å²) in [7, 11) is -2.35. The standard InChI is InChI=1S/C24H27NO3S/c1-17(2)21-16-23(22(28-4)15-18(21)3)29(26,27)25-24(19-11-7-5-8-12-19)20-13-9-6-10-14-20/h5-17,24-25H,1-4H3. The number of benzene rings is 3. The van der Waals surface area contributed by atoms with E-state index in [-0.39, 0.29) is 10.8 Å². The van der Waals surface area contributed by atoms with Crippen molar-refractivity contribution in [1.82, 2.24) is 4.72 Å². The number of hydrogen-bond donors (Lipinski definition) is 1. The van der Waals surface area contributed by atoms with Gasteiger partial charge in [-0.25, -0.2) is 8.42 Å². The Morgan fingerprint density at radius 2 is 1.38 bits per heavy atom. The molecule has 0 fully saturated rings. The average Bonchev–Trinajstić information content (AvgIpc) is 2.72. The van der Waals surface area contributed by atoms with Gasteiger partial charge in [0, 0.05) is 0 Å². The van der Waals surface area contributed by atoms with E-state index in [0.29, 0.717) is 5.75 Å². The van der Waals surface area contributed by atoms with Gasteiger partial charge in [0.1, 0.15) is 10.6 Å². The van der Waals surface area contributed by atoms with Crippen molar-refractivity contribution >= 4 is 10.0 Å². The van der Waals surface area contributed by atoms with Crippen molar-refractivity contribution in [2.24, 2.45) is 0 Å². The lowest BCUT2D eigenvalue weighted by molar-refractivity contribution is 0.401. The van der Waals surface area contributed by atoms with Gasteiger partial charge in [-0.2, -0.15) is 4.72 Å². The number of hydrogen-bond acceptors (Lipinski definition) is 3. The quantitative estimate of drug-likeness (QED) is 0.584. The zero-order valence-electron chi connectivity index (χ0n) is 17.2. The highest BCUT2D eigenvalue weighted by Crippen LogP contribution is 2.33. The monoisotopic (exact) mass is 409 g/mol. The molecule has 0 bridgehead atoms. The highest BCUT2D eigenvalue weighted by molar-refractivity contribution is 7.89. The van der Waals surface area contributed by atoms with Gasteiger partial charge in [0.25, 0.3) is 0 Å². The molecule has 4 nitrogen and oxygen atoms in total. The molecule has 0 heterocycles. The molecule has 0 aliphatic carbocycles. The number of ether oxygens (including phenoxy) is 1. The Balaban J connectivity index is 2.10. The van der Waals surface area contributed by atoms with Crippen LogP contribution in [0.3, 0.4) is 0 Å². The third kappa shape index (κ3) is 4.69. The van der Waals surface area contributed by atoms with Crippen LogP contribution in [0.15, 0.2) is 77.7 Å². The second-order valence-electron chi connectivity index (χ2n) is 7.39. The Labute approximate surface area is 173 Å². The molecule has 3 aromatic rings. The summed E-state index contributed by atoms with van der Waals surface area (Å²) in [4.78, 5) is 0.158. The molecule has 0 saturated heterocycles. The molecule has 0 spiro atoms. The van der Waals surface area contributed by atoms with Gasteiger partial charge in [-0.1, -0.05) is 74.5 Å². The maximum atomic E-state index is 13.5. The van der Waals surface area contributed by atoms with Gasteiger partial charge in [0.05, 0.1) is 13.2 Å². The third-order valence-electron chi connectivity index (χ3n) is 5.00. The van der Waals surface area contributed by atoms with Gasteiger partial charge >= 0.3 is 0 Å². The van der Waals surface area contributed by atoms with Gasteiger partial charge in [0.15, 0.2) is 0 Å². The highest BCUT2D eigenvalue weighted by atomic mass is 32.2. The molecule has 5 heteroatoms. The fourth-order valence-electron chi connectivity index (χ4n) is 3.51. The number of nitrogens with one attached hydrogen (secondary N) is 1. The van der Waals surface area contributed by atoms with Crippen LogP contribution in [0.4, 0.5) is 0 Å². The van der Waals surface area contributed by atoms with Gasteiger partial charge in [0.2, 0.25) is 10.0 Å². The molecular formula is C24H27NO3S. The molecule has 0 aromatic heterocycles. The van der Waals surface area contributed by atoms with E-state index in [2.05, 4.69) is 18.6 Å². The fraction of sp³-hybridized carbons (Fsp3) is 0.250. The molecule has 152 valence electrons. The van der Waals surface area contributed by atoms with E-state index in [1.807, 2.05) is 67.6 Å². The second kappa shape index (κ2) is 8.80. The Hall–Kier alpha value is -2.63. The van der Waals surface area contributed by atoms with Crippen LogP contribution in [-0.4, -0.2) is 15.5 Å². The van der Waals surface area contributed by atoms with Gasteiger partial charge in [-0.15, -0.1) is 0 Å². The minimum absolute atomic E-state index is 0.158. The van der Waals surface area contributed by atoms with Gasteiger partial charge < -0.3 is 4.74 Å². The zero-order valence-corrected chi connectivity index (χ0v) is 18.0. The molecule has 0 radical (unpaired) electrons. The molecule has 0 amide bonds. The van der Waals surface area contributed by atoms with E-state index in [0.717, 1.165) is 22.3 Å². The molecular weight excluding hydrogens is 382 g/mol. The first-order valence-corrected chi connectivity index (χ1v) is 11.1. The molecule has 0 unspecified atom stereocenters. The molecule has 0 saturated carbocycles. The first kappa shape index (κ1) is 21.1. The first-order valence-electron chi connectivity index (χ1n) is 9.64. The number of aryl methyl sites for hydroxylation is 1. The summed E-state index contributed by atoms with van der Waals surface area (Å²) in [5, 5.41) is 0. The van der Waals surface area contributed by atoms with Crippen molar-refractivity contribution in [3.8, 4) is 5.75 Å². The topological polar surface area (TPSA) is 55.4 Å². The van der Waals surface area contributed by atoms with Crippen LogP contribution in [-0.2, 0) is 10.0 Å². The predicted octanol–water partition coefficient (Wildman–Crippen LogP) is 5.19. The normalized spacial score (nSPS) is 11.8. The first-order chi connectivity index (χ1) is 13.8. The second-order valence-corrected chi connectivity index (χ2v) is 9.07. The Morgan fingerprint density at radius 3 is 1.83 bits per heavy atom. The van der Waals surface area contributed by atoms with E-state index in [1.54, 1.807) is 12.1 Å². The zero-order chi connectivity index (χ0) is 21.0. The summed E-state index contributed by atoms with van der Waals surface area (Å²) >= 11 is 0. The summed E-state index contributed by atoms with van der Waals surface area (Å²) in [6.07, 6.45) is 0. The Morgan fingerprint density at radius 1 is 0.862 bits per heavy atom. The van der Waals surface area contributed by atoms with Crippen LogP contribution in [0.2, 0.25) is 0 Å².